The van der Waals surface area contributed by atoms with Crippen molar-refractivity contribution in [2.45, 2.75) is 26.9 Å². The van der Waals surface area contributed by atoms with Crippen LogP contribution in [0.5, 0.6) is 23.0 Å². The highest BCUT2D eigenvalue weighted by atomic mass is 35.5. The number of aryl methyl sites for hydroxylation is 2. The van der Waals surface area contributed by atoms with Gasteiger partial charge in [0.05, 0.1) is 25.6 Å². The normalized spacial score (nSPS) is 11.2. The summed E-state index contributed by atoms with van der Waals surface area (Å²) in [5, 5.41) is 0.753. The first-order valence-electron chi connectivity index (χ1n) is 22.6. The second kappa shape index (κ2) is 22.5. The SMILES string of the molecule is COc1ccc(C(=O)c2cc(C)cn2C/C=C/c2ccc(Cl)cc2C(=O)c2ccc(OC(=O)Oc3ccc(C(=O)c4cc(Cl)ccc4/C=C/Cn4cc(C)cc4C(=O)c4ccc(OC)cc4)cc3)cc2)cc1. The van der Waals surface area contributed by atoms with Gasteiger partial charge in [0.2, 0.25) is 11.6 Å². The number of ether oxygens (including phenoxy) is 4. The van der Waals surface area contributed by atoms with Gasteiger partial charge in [-0.05, 0) is 170 Å². The Bertz CT molecular complexity index is 3160. The Morgan fingerprint density at radius 3 is 1.12 bits per heavy atom. The van der Waals surface area contributed by atoms with E-state index in [4.69, 9.17) is 42.1 Å². The summed E-state index contributed by atoms with van der Waals surface area (Å²) in [7, 11) is 3.14. The number of carbonyl (C=O) groups excluding carboxylic acids is 5. The van der Waals surface area contributed by atoms with Gasteiger partial charge in [-0.3, -0.25) is 19.2 Å². The number of carbonyl (C=O) groups is 5. The van der Waals surface area contributed by atoms with E-state index in [1.165, 1.54) is 48.5 Å². The van der Waals surface area contributed by atoms with Gasteiger partial charge < -0.3 is 28.1 Å². The number of halogens is 2. The predicted octanol–water partition coefficient (Wildman–Crippen LogP) is 13.2. The Morgan fingerprint density at radius 1 is 0.444 bits per heavy atom. The van der Waals surface area contributed by atoms with Gasteiger partial charge in [0.1, 0.15) is 23.0 Å². The summed E-state index contributed by atoms with van der Waals surface area (Å²) in [4.78, 5) is 67.3. The molecular formula is C59H46Cl2N2O9. The first kappa shape index (κ1) is 49.9. The smallest absolute Gasteiger partial charge is 0.497 e. The van der Waals surface area contributed by atoms with Crippen LogP contribution in [0.3, 0.4) is 0 Å². The Morgan fingerprint density at radius 2 is 0.778 bits per heavy atom. The quantitative estimate of drug-likeness (QED) is 0.0468. The third-order valence-electron chi connectivity index (χ3n) is 11.6. The van der Waals surface area contributed by atoms with E-state index in [2.05, 4.69) is 0 Å². The third-order valence-corrected chi connectivity index (χ3v) is 12.1. The molecule has 0 aliphatic rings. The van der Waals surface area contributed by atoms with Crippen LogP contribution >= 0.6 is 23.2 Å². The molecule has 0 saturated carbocycles. The summed E-state index contributed by atoms with van der Waals surface area (Å²) < 4.78 is 25.0. The van der Waals surface area contributed by atoms with E-state index in [9.17, 15) is 24.0 Å². The molecule has 0 amide bonds. The maximum Gasteiger partial charge on any atom is 0.519 e. The third kappa shape index (κ3) is 11.9. The molecule has 0 saturated heterocycles. The van der Waals surface area contributed by atoms with Crippen molar-refractivity contribution in [3.8, 4) is 23.0 Å². The van der Waals surface area contributed by atoms with Crippen molar-refractivity contribution in [3.63, 3.8) is 0 Å². The molecule has 0 bridgehead atoms. The zero-order valence-electron chi connectivity index (χ0n) is 39.6. The van der Waals surface area contributed by atoms with Gasteiger partial charge in [0.25, 0.3) is 0 Å². The minimum Gasteiger partial charge on any atom is -0.497 e. The van der Waals surface area contributed by atoms with E-state index in [0.29, 0.717) is 90.5 Å². The topological polar surface area (TPSA) is 132 Å². The van der Waals surface area contributed by atoms with Crippen LogP contribution < -0.4 is 18.9 Å². The number of rotatable bonds is 18. The summed E-state index contributed by atoms with van der Waals surface area (Å²) in [5.41, 5.74) is 6.56. The van der Waals surface area contributed by atoms with Gasteiger partial charge in [-0.2, -0.15) is 0 Å². The lowest BCUT2D eigenvalue weighted by Crippen LogP contribution is -2.14. The molecule has 6 aromatic carbocycles. The van der Waals surface area contributed by atoms with Gasteiger partial charge in [-0.15, -0.1) is 0 Å². The molecule has 11 nitrogen and oxygen atoms in total. The Balaban J connectivity index is 0.876. The van der Waals surface area contributed by atoms with Crippen LogP contribution in [0.2, 0.25) is 10.0 Å². The van der Waals surface area contributed by atoms with Crippen LogP contribution in [-0.2, 0) is 13.1 Å². The molecule has 0 radical (unpaired) electrons. The molecule has 0 fully saturated rings. The largest absolute Gasteiger partial charge is 0.519 e. The Labute approximate surface area is 426 Å². The summed E-state index contributed by atoms with van der Waals surface area (Å²) in [6, 6.07) is 39.7. The lowest BCUT2D eigenvalue weighted by atomic mass is 9.98. The molecule has 72 heavy (non-hydrogen) atoms. The lowest BCUT2D eigenvalue weighted by Gasteiger charge is -2.10. The molecule has 0 spiro atoms. The predicted molar refractivity (Wildman–Crippen MR) is 279 cm³/mol. The molecule has 8 rings (SSSR count). The van der Waals surface area contributed by atoms with Crippen molar-refractivity contribution in [1.29, 1.82) is 0 Å². The van der Waals surface area contributed by atoms with Gasteiger partial charge in [-0.1, -0.05) is 59.6 Å². The van der Waals surface area contributed by atoms with Gasteiger partial charge in [0, 0.05) is 68.9 Å². The first-order chi connectivity index (χ1) is 34.8. The van der Waals surface area contributed by atoms with E-state index in [0.717, 1.165) is 11.1 Å². The molecule has 8 aromatic rings. The molecule has 0 unspecified atom stereocenters. The Hall–Kier alpha value is -8.51. The summed E-state index contributed by atoms with van der Waals surface area (Å²) in [5.74, 6) is 0.697. The average Bonchev–Trinajstić information content (AvgIpc) is 3.97. The molecule has 13 heteroatoms. The number of allylic oxidation sites excluding steroid dienone is 2. The molecule has 0 N–H and O–H groups in total. The van der Waals surface area contributed by atoms with E-state index >= 15 is 0 Å². The monoisotopic (exact) mass is 996 g/mol. The fourth-order valence-corrected chi connectivity index (χ4v) is 8.32. The van der Waals surface area contributed by atoms with Crippen LogP contribution in [0.15, 0.2) is 170 Å². The molecule has 2 heterocycles. The first-order valence-corrected chi connectivity index (χ1v) is 23.3. The van der Waals surface area contributed by atoms with Crippen molar-refractivity contribution in [2.24, 2.45) is 0 Å². The Kier molecular flexibility index (Phi) is 15.6. The molecule has 0 aliphatic carbocycles. The second-order valence-electron chi connectivity index (χ2n) is 16.7. The molecule has 0 atom stereocenters. The minimum absolute atomic E-state index is 0.127. The van der Waals surface area contributed by atoms with Crippen LogP contribution in [-0.4, -0.2) is 52.6 Å². The van der Waals surface area contributed by atoms with Crippen molar-refractivity contribution in [2.75, 3.05) is 14.2 Å². The van der Waals surface area contributed by atoms with E-state index in [-0.39, 0.29) is 34.6 Å². The van der Waals surface area contributed by atoms with Crippen LogP contribution in [0.4, 0.5) is 4.79 Å². The highest BCUT2D eigenvalue weighted by Gasteiger charge is 2.19. The molecular weight excluding hydrogens is 952 g/mol. The van der Waals surface area contributed by atoms with Crippen molar-refractivity contribution in [3.05, 3.63) is 247 Å². The van der Waals surface area contributed by atoms with E-state index < -0.39 is 6.16 Å². The van der Waals surface area contributed by atoms with Crippen LogP contribution in [0.1, 0.15) is 86.2 Å². The van der Waals surface area contributed by atoms with Gasteiger partial charge in [-0.25, -0.2) is 4.79 Å². The number of nitrogens with zero attached hydrogens (tertiary/aromatic N) is 2. The van der Waals surface area contributed by atoms with Crippen molar-refractivity contribution >= 4 is 64.6 Å². The van der Waals surface area contributed by atoms with Crippen molar-refractivity contribution in [1.82, 2.24) is 9.13 Å². The standard InChI is InChI=1S/C59H46Cl2N2O9/c1-37-31-53(57(66)43-11-21-47(69-3)22-12-43)62(35-37)29-5-7-39-9-19-45(60)33-51(39)55(64)41-15-25-49(26-16-41)71-59(68)72-50-27-17-42(18-28-50)56(65)52-34-46(61)20-10-40(52)8-6-30-63-36-38(2)32-54(63)58(67)44-13-23-48(70-4)24-14-44/h5-28,31-36H,29-30H2,1-4H3/b7-5+,8-6+. The number of ketones is 4. The maximum atomic E-state index is 13.8. The summed E-state index contributed by atoms with van der Waals surface area (Å²) >= 11 is 12.7. The number of methoxy groups -OCH3 is 2. The molecule has 2 aromatic heterocycles. The highest BCUT2D eigenvalue weighted by Crippen LogP contribution is 2.26. The summed E-state index contributed by atoms with van der Waals surface area (Å²) in [6.45, 7) is 4.57. The molecule has 0 aliphatic heterocycles. The van der Waals surface area contributed by atoms with Crippen LogP contribution in [0, 0.1) is 13.8 Å². The number of hydrogen-bond donors (Lipinski definition) is 0. The maximum absolute atomic E-state index is 13.8. The van der Waals surface area contributed by atoms with Crippen molar-refractivity contribution < 1.29 is 42.9 Å². The van der Waals surface area contributed by atoms with Gasteiger partial charge in [0.15, 0.2) is 11.6 Å². The van der Waals surface area contributed by atoms with Gasteiger partial charge >= 0.3 is 6.16 Å². The molecule has 360 valence electrons. The number of benzene rings is 6. The van der Waals surface area contributed by atoms with E-state index in [1.807, 2.05) is 71.8 Å². The summed E-state index contributed by atoms with van der Waals surface area (Å²) in [6.07, 6.45) is 10.1. The fourth-order valence-electron chi connectivity index (χ4n) is 7.98. The zero-order valence-corrected chi connectivity index (χ0v) is 41.1. The average molecular weight is 998 g/mol. The minimum atomic E-state index is -1.03. The number of hydrogen-bond acceptors (Lipinski definition) is 9. The second-order valence-corrected chi connectivity index (χ2v) is 17.5. The van der Waals surface area contributed by atoms with Crippen LogP contribution in [0.25, 0.3) is 12.2 Å². The fraction of sp³-hybridized carbons (Fsp3) is 0.102. The zero-order chi connectivity index (χ0) is 50.9. The lowest BCUT2D eigenvalue weighted by molar-refractivity contribution is 0.102. The highest BCUT2D eigenvalue weighted by molar-refractivity contribution is 6.31. The number of aromatic nitrogens is 2. The van der Waals surface area contributed by atoms with E-state index in [1.54, 1.807) is 99.1 Å².